The fraction of sp³-hybridized carbons (Fsp3) is 0.333. The van der Waals surface area contributed by atoms with Gasteiger partial charge in [-0.05, 0) is 49.4 Å². The van der Waals surface area contributed by atoms with Crippen LogP contribution < -0.4 is 16.0 Å². The number of carbonyl (C=O) groups is 2. The summed E-state index contributed by atoms with van der Waals surface area (Å²) in [5.41, 5.74) is 1.86. The van der Waals surface area contributed by atoms with Crippen molar-refractivity contribution in [1.82, 2.24) is 15.5 Å². The number of hydrogen-bond donors (Lipinski definition) is 3. The van der Waals surface area contributed by atoms with E-state index in [4.69, 9.17) is 0 Å². The molecule has 1 aliphatic rings. The number of nitrogens with zero attached hydrogens (tertiary/aromatic N) is 1. The van der Waals surface area contributed by atoms with E-state index in [0.717, 1.165) is 39.1 Å². The Bertz CT molecular complexity index is 747. The number of nitrogens with one attached hydrogen (secondary N) is 3. The number of benzene rings is 2. The first-order chi connectivity index (χ1) is 13.2. The zero-order valence-corrected chi connectivity index (χ0v) is 16.6. The predicted octanol–water partition coefficient (Wildman–Crippen LogP) is 2.39. The number of hydrogen-bond acceptors (Lipinski definition) is 4. The molecule has 0 spiro atoms. The van der Waals surface area contributed by atoms with Crippen molar-refractivity contribution in [2.45, 2.75) is 6.42 Å². The fourth-order valence-electron chi connectivity index (χ4n) is 3.04. The Morgan fingerprint density at radius 1 is 0.893 bits per heavy atom. The number of amides is 2. The second-order valence-corrected chi connectivity index (χ2v) is 6.60. The van der Waals surface area contributed by atoms with Gasteiger partial charge in [0.05, 0.1) is 0 Å². The SMILES string of the molecule is Cl.O=C(NCCCN1CCNCC1)c1ccc(NC(=O)c2ccccc2)cc1. The van der Waals surface area contributed by atoms with E-state index in [2.05, 4.69) is 20.9 Å². The molecule has 3 N–H and O–H groups in total. The lowest BCUT2D eigenvalue weighted by Crippen LogP contribution is -2.44. The molecule has 0 atom stereocenters. The minimum atomic E-state index is -0.166. The molecule has 2 aromatic carbocycles. The van der Waals surface area contributed by atoms with Crippen molar-refractivity contribution in [3.63, 3.8) is 0 Å². The molecule has 7 heteroatoms. The van der Waals surface area contributed by atoms with Crippen molar-refractivity contribution in [3.8, 4) is 0 Å². The lowest BCUT2D eigenvalue weighted by atomic mass is 10.1. The number of anilines is 1. The van der Waals surface area contributed by atoms with Crippen molar-refractivity contribution >= 4 is 29.9 Å². The molecule has 0 bridgehead atoms. The number of carbonyl (C=O) groups excluding carboxylic acids is 2. The zero-order valence-electron chi connectivity index (χ0n) is 15.8. The summed E-state index contributed by atoms with van der Waals surface area (Å²) in [5.74, 6) is -0.253. The Labute approximate surface area is 172 Å². The van der Waals surface area contributed by atoms with Gasteiger partial charge in [-0.25, -0.2) is 0 Å². The summed E-state index contributed by atoms with van der Waals surface area (Å²) in [6.07, 6.45) is 0.941. The molecular formula is C21H27ClN4O2. The maximum atomic E-state index is 12.2. The molecule has 2 amide bonds. The average Bonchev–Trinajstić information content (AvgIpc) is 2.73. The van der Waals surface area contributed by atoms with Crippen LogP contribution in [0.1, 0.15) is 27.1 Å². The predicted molar refractivity (Wildman–Crippen MR) is 114 cm³/mol. The zero-order chi connectivity index (χ0) is 18.9. The Kier molecular flexibility index (Phi) is 8.94. The second kappa shape index (κ2) is 11.4. The molecule has 0 aromatic heterocycles. The molecule has 6 nitrogen and oxygen atoms in total. The highest BCUT2D eigenvalue weighted by Crippen LogP contribution is 2.11. The highest BCUT2D eigenvalue weighted by molar-refractivity contribution is 6.04. The van der Waals surface area contributed by atoms with Gasteiger partial charge in [-0.15, -0.1) is 12.4 Å². The molecule has 1 saturated heterocycles. The van der Waals surface area contributed by atoms with Crippen LogP contribution in [0.5, 0.6) is 0 Å². The monoisotopic (exact) mass is 402 g/mol. The van der Waals surface area contributed by atoms with Gasteiger partial charge >= 0.3 is 0 Å². The molecule has 0 saturated carbocycles. The summed E-state index contributed by atoms with van der Waals surface area (Å²) in [6.45, 7) is 5.90. The largest absolute Gasteiger partial charge is 0.352 e. The van der Waals surface area contributed by atoms with Gasteiger partial charge in [0.1, 0.15) is 0 Å². The van der Waals surface area contributed by atoms with Crippen LogP contribution in [0, 0.1) is 0 Å². The van der Waals surface area contributed by atoms with Gasteiger partial charge in [-0.2, -0.15) is 0 Å². The Morgan fingerprint density at radius 3 is 2.21 bits per heavy atom. The highest BCUT2D eigenvalue weighted by atomic mass is 35.5. The summed E-state index contributed by atoms with van der Waals surface area (Å²) < 4.78 is 0. The van der Waals surface area contributed by atoms with Gasteiger partial charge in [0, 0.05) is 49.5 Å². The van der Waals surface area contributed by atoms with E-state index < -0.39 is 0 Å². The summed E-state index contributed by atoms with van der Waals surface area (Å²) in [5, 5.41) is 9.12. The Hall–Kier alpha value is -2.41. The number of rotatable bonds is 7. The lowest BCUT2D eigenvalue weighted by molar-refractivity contribution is 0.0950. The van der Waals surface area contributed by atoms with Crippen molar-refractivity contribution in [3.05, 3.63) is 65.7 Å². The fourth-order valence-corrected chi connectivity index (χ4v) is 3.04. The number of halogens is 1. The van der Waals surface area contributed by atoms with Crippen molar-refractivity contribution in [2.75, 3.05) is 44.6 Å². The van der Waals surface area contributed by atoms with Crippen molar-refractivity contribution in [2.24, 2.45) is 0 Å². The summed E-state index contributed by atoms with van der Waals surface area (Å²) in [4.78, 5) is 26.8. The van der Waals surface area contributed by atoms with Gasteiger partial charge in [0.25, 0.3) is 11.8 Å². The molecular weight excluding hydrogens is 376 g/mol. The van der Waals surface area contributed by atoms with Gasteiger partial charge < -0.3 is 20.9 Å². The molecule has 150 valence electrons. The van der Waals surface area contributed by atoms with Crippen LogP contribution in [0.25, 0.3) is 0 Å². The molecule has 3 rings (SSSR count). The first-order valence-electron chi connectivity index (χ1n) is 9.40. The van der Waals surface area contributed by atoms with Crippen LogP contribution in [0.2, 0.25) is 0 Å². The van der Waals surface area contributed by atoms with Gasteiger partial charge in [0.15, 0.2) is 0 Å². The third-order valence-corrected chi connectivity index (χ3v) is 4.59. The van der Waals surface area contributed by atoms with Crippen molar-refractivity contribution in [1.29, 1.82) is 0 Å². The van der Waals surface area contributed by atoms with E-state index in [9.17, 15) is 9.59 Å². The molecule has 28 heavy (non-hydrogen) atoms. The third-order valence-electron chi connectivity index (χ3n) is 4.59. The molecule has 2 aromatic rings. The second-order valence-electron chi connectivity index (χ2n) is 6.60. The topological polar surface area (TPSA) is 73.5 Å². The van der Waals surface area contributed by atoms with E-state index in [1.54, 1.807) is 36.4 Å². The standard InChI is InChI=1S/C21H26N4O2.ClH/c26-20(23-11-4-14-25-15-12-22-13-16-25)18-7-9-19(10-8-18)24-21(27)17-5-2-1-3-6-17;/h1-3,5-10,22H,4,11-16H2,(H,23,26)(H,24,27);1H. The van der Waals surface area contributed by atoms with Crippen molar-refractivity contribution < 1.29 is 9.59 Å². The molecule has 1 aliphatic heterocycles. The first-order valence-corrected chi connectivity index (χ1v) is 9.40. The lowest BCUT2D eigenvalue weighted by Gasteiger charge is -2.27. The van der Waals surface area contributed by atoms with Crippen LogP contribution in [0.4, 0.5) is 5.69 Å². The van der Waals surface area contributed by atoms with Crippen LogP contribution in [0.3, 0.4) is 0 Å². The van der Waals surface area contributed by atoms with Gasteiger partial charge in [-0.1, -0.05) is 18.2 Å². The van der Waals surface area contributed by atoms with E-state index in [1.165, 1.54) is 0 Å². The quantitative estimate of drug-likeness (QED) is 0.622. The smallest absolute Gasteiger partial charge is 0.255 e. The maximum Gasteiger partial charge on any atom is 0.255 e. The first kappa shape index (κ1) is 21.9. The van der Waals surface area contributed by atoms with E-state index in [0.29, 0.717) is 23.4 Å². The molecule has 1 heterocycles. The minimum absolute atomic E-state index is 0. The van der Waals surface area contributed by atoms with E-state index in [1.807, 2.05) is 18.2 Å². The molecule has 0 aliphatic carbocycles. The number of piperazine rings is 1. The summed E-state index contributed by atoms with van der Waals surface area (Å²) in [6, 6.07) is 16.0. The molecule has 1 fully saturated rings. The van der Waals surface area contributed by atoms with Gasteiger partial charge in [0.2, 0.25) is 0 Å². The average molecular weight is 403 g/mol. The Balaban J connectivity index is 0.00000280. The Morgan fingerprint density at radius 2 is 1.54 bits per heavy atom. The normalized spacial score (nSPS) is 14.0. The molecule has 0 unspecified atom stereocenters. The highest BCUT2D eigenvalue weighted by Gasteiger charge is 2.10. The third kappa shape index (κ3) is 6.64. The van der Waals surface area contributed by atoms with Crippen LogP contribution >= 0.6 is 12.4 Å². The summed E-state index contributed by atoms with van der Waals surface area (Å²) >= 11 is 0. The van der Waals surface area contributed by atoms with Crippen LogP contribution in [-0.4, -0.2) is 56.0 Å². The van der Waals surface area contributed by atoms with Crippen LogP contribution in [-0.2, 0) is 0 Å². The van der Waals surface area contributed by atoms with E-state index >= 15 is 0 Å². The minimum Gasteiger partial charge on any atom is -0.352 e. The molecule has 0 radical (unpaired) electrons. The maximum absolute atomic E-state index is 12.2. The summed E-state index contributed by atoms with van der Waals surface area (Å²) in [7, 11) is 0. The van der Waals surface area contributed by atoms with Gasteiger partial charge in [-0.3, -0.25) is 9.59 Å². The van der Waals surface area contributed by atoms with Crippen LogP contribution in [0.15, 0.2) is 54.6 Å². The van der Waals surface area contributed by atoms with E-state index in [-0.39, 0.29) is 24.2 Å².